The molecule has 88 valence electrons. The van der Waals surface area contributed by atoms with Crippen LogP contribution in [0.4, 0.5) is 4.39 Å². The van der Waals surface area contributed by atoms with Crippen LogP contribution < -0.4 is 0 Å². The largest absolute Gasteiger partial charge is 0.389 e. The molecule has 1 nitrogen and oxygen atoms in total. The van der Waals surface area contributed by atoms with Crippen molar-refractivity contribution in [2.24, 2.45) is 0 Å². The predicted molar refractivity (Wildman–Crippen MR) is 66.3 cm³/mol. The summed E-state index contributed by atoms with van der Waals surface area (Å²) in [5.41, 5.74) is 2.43. The summed E-state index contributed by atoms with van der Waals surface area (Å²) in [6.07, 6.45) is -0.0159. The highest BCUT2D eigenvalue weighted by Gasteiger charge is 2.07. The molecule has 0 unspecified atom stereocenters. The highest BCUT2D eigenvalue weighted by molar-refractivity contribution is 5.31. The zero-order valence-electron chi connectivity index (χ0n) is 9.73. The quantitative estimate of drug-likeness (QED) is 0.856. The fraction of sp³-hybridized carbons (Fsp3) is 0.200. The van der Waals surface area contributed by atoms with Crippen molar-refractivity contribution in [3.05, 3.63) is 71.0 Å². The maximum Gasteiger partial charge on any atom is 0.126 e. The van der Waals surface area contributed by atoms with Crippen molar-refractivity contribution in [2.75, 3.05) is 0 Å². The Labute approximate surface area is 101 Å². The molecule has 1 N–H and O–H groups in total. The number of hydrogen-bond donors (Lipinski definition) is 1. The summed E-state index contributed by atoms with van der Waals surface area (Å²) >= 11 is 0. The first-order valence-electron chi connectivity index (χ1n) is 5.67. The van der Waals surface area contributed by atoms with Crippen LogP contribution in [0.5, 0.6) is 0 Å². The Morgan fingerprint density at radius 1 is 1.12 bits per heavy atom. The van der Waals surface area contributed by atoms with Gasteiger partial charge in [-0.2, -0.15) is 0 Å². The van der Waals surface area contributed by atoms with Crippen molar-refractivity contribution < 1.29 is 9.50 Å². The van der Waals surface area contributed by atoms with Crippen molar-refractivity contribution in [1.29, 1.82) is 0 Å². The van der Waals surface area contributed by atoms with Crippen LogP contribution in [0.3, 0.4) is 0 Å². The van der Waals surface area contributed by atoms with Gasteiger partial charge in [-0.25, -0.2) is 4.39 Å². The number of aliphatic hydroxyl groups is 1. The van der Waals surface area contributed by atoms with Crippen LogP contribution in [0.25, 0.3) is 0 Å². The highest BCUT2D eigenvalue weighted by atomic mass is 19.1. The molecule has 0 aliphatic rings. The van der Waals surface area contributed by atoms with Crippen LogP contribution in [-0.2, 0) is 6.42 Å². The lowest BCUT2D eigenvalue weighted by Crippen LogP contribution is -1.97. The van der Waals surface area contributed by atoms with Gasteiger partial charge in [-0.05, 0) is 35.7 Å². The maximum atomic E-state index is 13.6. The molecule has 2 aromatic rings. The standard InChI is InChI=1S/C15H15FO/c1-11(17)13-7-8-15(16)14(10-13)9-12-5-3-2-4-6-12/h2-8,10-11,17H,9H2,1H3/t11-/m1/s1. The third-order valence-electron chi connectivity index (χ3n) is 2.79. The number of aliphatic hydroxyl groups excluding tert-OH is 1. The van der Waals surface area contributed by atoms with E-state index in [9.17, 15) is 9.50 Å². The molecule has 0 radical (unpaired) electrons. The molecule has 0 aliphatic heterocycles. The summed E-state index contributed by atoms with van der Waals surface area (Å²) < 4.78 is 13.6. The van der Waals surface area contributed by atoms with Crippen LogP contribution in [0, 0.1) is 5.82 Å². The van der Waals surface area contributed by atoms with E-state index in [0.717, 1.165) is 11.1 Å². The second-order valence-electron chi connectivity index (χ2n) is 4.19. The molecule has 2 aromatic carbocycles. The lowest BCUT2D eigenvalue weighted by Gasteiger charge is -2.09. The third-order valence-corrected chi connectivity index (χ3v) is 2.79. The van der Waals surface area contributed by atoms with Gasteiger partial charge in [0.25, 0.3) is 0 Å². The smallest absolute Gasteiger partial charge is 0.126 e. The molecule has 0 saturated heterocycles. The van der Waals surface area contributed by atoms with Gasteiger partial charge < -0.3 is 5.11 Å². The van der Waals surface area contributed by atoms with Gasteiger partial charge in [0.05, 0.1) is 6.10 Å². The molecule has 2 heteroatoms. The van der Waals surface area contributed by atoms with E-state index < -0.39 is 6.10 Å². The molecule has 0 fully saturated rings. The molecule has 2 rings (SSSR count). The molecule has 0 spiro atoms. The molecule has 0 bridgehead atoms. The van der Waals surface area contributed by atoms with Gasteiger partial charge in [-0.1, -0.05) is 36.4 Å². The Morgan fingerprint density at radius 2 is 1.82 bits per heavy atom. The van der Waals surface area contributed by atoms with Crippen LogP contribution >= 0.6 is 0 Å². The Balaban J connectivity index is 2.29. The average molecular weight is 230 g/mol. The van der Waals surface area contributed by atoms with Crippen LogP contribution in [0.15, 0.2) is 48.5 Å². The van der Waals surface area contributed by atoms with Crippen LogP contribution in [0.2, 0.25) is 0 Å². The van der Waals surface area contributed by atoms with Crippen molar-refractivity contribution >= 4 is 0 Å². The minimum Gasteiger partial charge on any atom is -0.389 e. The molecule has 17 heavy (non-hydrogen) atoms. The minimum absolute atomic E-state index is 0.224. The maximum absolute atomic E-state index is 13.6. The molecule has 0 amide bonds. The van der Waals surface area contributed by atoms with Gasteiger partial charge in [0.15, 0.2) is 0 Å². The van der Waals surface area contributed by atoms with E-state index in [0.29, 0.717) is 12.0 Å². The van der Waals surface area contributed by atoms with Crippen molar-refractivity contribution in [2.45, 2.75) is 19.4 Å². The second kappa shape index (κ2) is 5.11. The van der Waals surface area contributed by atoms with E-state index >= 15 is 0 Å². The lowest BCUT2D eigenvalue weighted by molar-refractivity contribution is 0.199. The minimum atomic E-state index is -0.565. The Bertz CT molecular complexity index is 492. The van der Waals surface area contributed by atoms with Crippen molar-refractivity contribution in [1.82, 2.24) is 0 Å². The number of rotatable bonds is 3. The summed E-state index contributed by atoms with van der Waals surface area (Å²) in [4.78, 5) is 0. The number of hydrogen-bond acceptors (Lipinski definition) is 1. The monoisotopic (exact) mass is 230 g/mol. The van der Waals surface area contributed by atoms with Gasteiger partial charge in [-0.3, -0.25) is 0 Å². The first-order chi connectivity index (χ1) is 8.16. The second-order valence-corrected chi connectivity index (χ2v) is 4.19. The van der Waals surface area contributed by atoms with Gasteiger partial charge in [0.1, 0.15) is 5.82 Å². The van der Waals surface area contributed by atoms with Gasteiger partial charge in [0.2, 0.25) is 0 Å². The predicted octanol–water partition coefficient (Wildman–Crippen LogP) is 3.47. The van der Waals surface area contributed by atoms with E-state index in [1.54, 1.807) is 19.1 Å². The van der Waals surface area contributed by atoms with E-state index in [-0.39, 0.29) is 5.82 Å². The fourth-order valence-electron chi connectivity index (χ4n) is 1.81. The van der Waals surface area contributed by atoms with E-state index in [1.807, 2.05) is 30.3 Å². The van der Waals surface area contributed by atoms with Crippen LogP contribution in [-0.4, -0.2) is 5.11 Å². The van der Waals surface area contributed by atoms with Gasteiger partial charge >= 0.3 is 0 Å². The fourth-order valence-corrected chi connectivity index (χ4v) is 1.81. The molecular weight excluding hydrogens is 215 g/mol. The number of benzene rings is 2. The molecule has 0 aromatic heterocycles. The number of halogens is 1. The SMILES string of the molecule is C[C@@H](O)c1ccc(F)c(Cc2ccccc2)c1. The highest BCUT2D eigenvalue weighted by Crippen LogP contribution is 2.19. The van der Waals surface area contributed by atoms with Gasteiger partial charge in [-0.15, -0.1) is 0 Å². The van der Waals surface area contributed by atoms with Crippen molar-refractivity contribution in [3.63, 3.8) is 0 Å². The lowest BCUT2D eigenvalue weighted by atomic mass is 10.0. The van der Waals surface area contributed by atoms with E-state index in [4.69, 9.17) is 0 Å². The van der Waals surface area contributed by atoms with Crippen molar-refractivity contribution in [3.8, 4) is 0 Å². The summed E-state index contributed by atoms with van der Waals surface area (Å²) in [5, 5.41) is 9.48. The van der Waals surface area contributed by atoms with E-state index in [2.05, 4.69) is 0 Å². The first-order valence-corrected chi connectivity index (χ1v) is 5.67. The Kier molecular flexibility index (Phi) is 3.55. The molecule has 0 aliphatic carbocycles. The van der Waals surface area contributed by atoms with Gasteiger partial charge in [0, 0.05) is 6.42 Å². The molecule has 1 atom stereocenters. The Morgan fingerprint density at radius 3 is 2.47 bits per heavy atom. The average Bonchev–Trinajstić information content (AvgIpc) is 2.33. The third kappa shape index (κ3) is 2.92. The normalized spacial score (nSPS) is 12.4. The zero-order valence-corrected chi connectivity index (χ0v) is 9.73. The topological polar surface area (TPSA) is 20.2 Å². The summed E-state index contributed by atoms with van der Waals surface area (Å²) in [6.45, 7) is 1.68. The summed E-state index contributed by atoms with van der Waals surface area (Å²) in [6, 6.07) is 14.5. The van der Waals surface area contributed by atoms with Crippen LogP contribution in [0.1, 0.15) is 29.7 Å². The Hall–Kier alpha value is -1.67. The molecule has 0 saturated carbocycles. The molecule has 0 heterocycles. The summed E-state index contributed by atoms with van der Waals surface area (Å²) in [7, 11) is 0. The molecular formula is C15H15FO. The van der Waals surface area contributed by atoms with E-state index in [1.165, 1.54) is 6.07 Å². The zero-order chi connectivity index (χ0) is 12.3. The summed E-state index contributed by atoms with van der Waals surface area (Å²) in [5.74, 6) is -0.224. The first kappa shape index (κ1) is 11.8.